The number of hydrogen-bond donors (Lipinski definition) is 1. The van der Waals surface area contributed by atoms with E-state index in [2.05, 4.69) is 4.90 Å². The zero-order chi connectivity index (χ0) is 10.2. The summed E-state index contributed by atoms with van der Waals surface area (Å²) in [6.07, 6.45) is 6.86. The van der Waals surface area contributed by atoms with Crippen LogP contribution in [0.5, 0.6) is 0 Å². The van der Waals surface area contributed by atoms with Gasteiger partial charge in [0.1, 0.15) is 0 Å². The third kappa shape index (κ3) is 4.40. The van der Waals surface area contributed by atoms with Crippen molar-refractivity contribution in [2.24, 2.45) is 5.73 Å². The predicted molar refractivity (Wildman–Crippen MR) is 59.4 cm³/mol. The van der Waals surface area contributed by atoms with Crippen LogP contribution >= 0.6 is 0 Å². The summed E-state index contributed by atoms with van der Waals surface area (Å²) in [6, 6.07) is 0. The molecule has 1 atom stereocenters. The van der Waals surface area contributed by atoms with Gasteiger partial charge in [-0.25, -0.2) is 0 Å². The molecule has 3 heteroatoms. The van der Waals surface area contributed by atoms with Crippen LogP contribution in [-0.2, 0) is 4.74 Å². The van der Waals surface area contributed by atoms with E-state index in [1.54, 1.807) is 7.11 Å². The monoisotopic (exact) mass is 200 g/mol. The molecule has 1 rings (SSSR count). The first-order chi connectivity index (χ1) is 6.86. The van der Waals surface area contributed by atoms with Gasteiger partial charge in [0.05, 0.1) is 6.10 Å². The fourth-order valence-electron chi connectivity index (χ4n) is 2.02. The first kappa shape index (κ1) is 12.0. The summed E-state index contributed by atoms with van der Waals surface area (Å²) in [6.45, 7) is 4.32. The van der Waals surface area contributed by atoms with Crippen LogP contribution in [0, 0.1) is 0 Å². The lowest BCUT2D eigenvalue weighted by Crippen LogP contribution is -2.31. The van der Waals surface area contributed by atoms with E-state index in [9.17, 15) is 0 Å². The molecule has 0 aliphatic carbocycles. The highest BCUT2D eigenvalue weighted by atomic mass is 16.5. The Balaban J connectivity index is 2.14. The molecule has 0 radical (unpaired) electrons. The Hall–Kier alpha value is -0.120. The highest BCUT2D eigenvalue weighted by Crippen LogP contribution is 2.10. The van der Waals surface area contributed by atoms with Gasteiger partial charge in [-0.2, -0.15) is 0 Å². The largest absolute Gasteiger partial charge is 0.380 e. The molecule has 1 fully saturated rings. The van der Waals surface area contributed by atoms with Gasteiger partial charge < -0.3 is 15.4 Å². The third-order valence-electron chi connectivity index (χ3n) is 3.06. The molecule has 1 heterocycles. The predicted octanol–water partition coefficient (Wildman–Crippen LogP) is 1.23. The van der Waals surface area contributed by atoms with E-state index in [4.69, 9.17) is 10.5 Å². The normalized spacial score (nSPS) is 21.9. The molecule has 2 N–H and O–H groups in total. The Morgan fingerprint density at radius 1 is 1.21 bits per heavy atom. The summed E-state index contributed by atoms with van der Waals surface area (Å²) < 4.78 is 5.27. The van der Waals surface area contributed by atoms with Crippen molar-refractivity contribution in [1.82, 2.24) is 4.90 Å². The second-order valence-corrected chi connectivity index (χ2v) is 4.14. The second-order valence-electron chi connectivity index (χ2n) is 4.14. The topological polar surface area (TPSA) is 38.5 Å². The van der Waals surface area contributed by atoms with Crippen molar-refractivity contribution in [2.45, 2.75) is 38.2 Å². The minimum absolute atomic E-state index is 0.248. The van der Waals surface area contributed by atoms with Crippen molar-refractivity contribution >= 4 is 0 Å². The van der Waals surface area contributed by atoms with Crippen LogP contribution in [0.25, 0.3) is 0 Å². The van der Waals surface area contributed by atoms with Gasteiger partial charge in [-0.15, -0.1) is 0 Å². The van der Waals surface area contributed by atoms with E-state index in [-0.39, 0.29) is 6.10 Å². The lowest BCUT2D eigenvalue weighted by atomic mass is 10.2. The summed E-state index contributed by atoms with van der Waals surface area (Å²) in [5.74, 6) is 0. The fourth-order valence-corrected chi connectivity index (χ4v) is 2.02. The minimum Gasteiger partial charge on any atom is -0.380 e. The zero-order valence-corrected chi connectivity index (χ0v) is 9.37. The Bertz CT molecular complexity index is 129. The fraction of sp³-hybridized carbons (Fsp3) is 1.00. The summed E-state index contributed by atoms with van der Waals surface area (Å²) in [5.41, 5.74) is 5.59. The van der Waals surface area contributed by atoms with E-state index in [1.807, 2.05) is 0 Å². The van der Waals surface area contributed by atoms with E-state index < -0.39 is 0 Å². The minimum atomic E-state index is 0.248. The number of nitrogens with two attached hydrogens (primary N) is 1. The van der Waals surface area contributed by atoms with E-state index in [0.717, 1.165) is 13.0 Å². The maximum absolute atomic E-state index is 5.59. The average Bonchev–Trinajstić information content (AvgIpc) is 2.48. The molecular weight excluding hydrogens is 176 g/mol. The van der Waals surface area contributed by atoms with Crippen LogP contribution < -0.4 is 5.73 Å². The second kappa shape index (κ2) is 7.21. The molecule has 84 valence electrons. The van der Waals surface area contributed by atoms with E-state index in [1.165, 1.54) is 38.8 Å². The lowest BCUT2D eigenvalue weighted by Gasteiger charge is -2.22. The van der Waals surface area contributed by atoms with E-state index in [0.29, 0.717) is 6.54 Å². The van der Waals surface area contributed by atoms with Crippen molar-refractivity contribution in [3.63, 3.8) is 0 Å². The molecule has 0 aromatic heterocycles. The zero-order valence-electron chi connectivity index (χ0n) is 9.37. The van der Waals surface area contributed by atoms with Gasteiger partial charge in [0.2, 0.25) is 0 Å². The Morgan fingerprint density at radius 2 is 1.86 bits per heavy atom. The van der Waals surface area contributed by atoms with Gasteiger partial charge in [0.15, 0.2) is 0 Å². The Morgan fingerprint density at radius 3 is 2.36 bits per heavy atom. The SMILES string of the molecule is COC(CN)CCN1CCCCCC1. The van der Waals surface area contributed by atoms with Gasteiger partial charge in [-0.05, 0) is 32.4 Å². The molecular formula is C11H24N2O. The first-order valence-corrected chi connectivity index (χ1v) is 5.82. The number of ether oxygens (including phenoxy) is 1. The van der Waals surface area contributed by atoms with Crippen molar-refractivity contribution in [3.8, 4) is 0 Å². The summed E-state index contributed by atoms with van der Waals surface area (Å²) >= 11 is 0. The molecule has 14 heavy (non-hydrogen) atoms. The molecule has 3 nitrogen and oxygen atoms in total. The smallest absolute Gasteiger partial charge is 0.0705 e. The molecule has 0 bridgehead atoms. The van der Waals surface area contributed by atoms with Crippen LogP contribution in [0.1, 0.15) is 32.1 Å². The molecule has 1 unspecified atom stereocenters. The third-order valence-corrected chi connectivity index (χ3v) is 3.06. The highest BCUT2D eigenvalue weighted by Gasteiger charge is 2.11. The van der Waals surface area contributed by atoms with E-state index >= 15 is 0 Å². The van der Waals surface area contributed by atoms with Gasteiger partial charge in [-0.3, -0.25) is 0 Å². The van der Waals surface area contributed by atoms with Gasteiger partial charge in [0.25, 0.3) is 0 Å². The highest BCUT2D eigenvalue weighted by molar-refractivity contribution is 4.66. The molecule has 1 aliphatic rings. The molecule has 0 spiro atoms. The van der Waals surface area contributed by atoms with Crippen molar-refractivity contribution < 1.29 is 4.74 Å². The average molecular weight is 200 g/mol. The molecule has 0 saturated carbocycles. The van der Waals surface area contributed by atoms with Crippen LogP contribution in [0.15, 0.2) is 0 Å². The molecule has 0 aromatic rings. The number of hydrogen-bond acceptors (Lipinski definition) is 3. The molecule has 0 amide bonds. The van der Waals surface area contributed by atoms with Crippen LogP contribution in [-0.4, -0.2) is 44.3 Å². The molecule has 1 saturated heterocycles. The van der Waals surface area contributed by atoms with Crippen molar-refractivity contribution in [3.05, 3.63) is 0 Å². The van der Waals surface area contributed by atoms with Crippen LogP contribution in [0.2, 0.25) is 0 Å². The Labute approximate surface area is 87.6 Å². The van der Waals surface area contributed by atoms with Crippen LogP contribution in [0.4, 0.5) is 0 Å². The number of likely N-dealkylation sites (tertiary alicyclic amines) is 1. The standard InChI is InChI=1S/C11H24N2O/c1-14-11(10-12)6-9-13-7-4-2-3-5-8-13/h11H,2-10,12H2,1H3. The first-order valence-electron chi connectivity index (χ1n) is 5.82. The number of methoxy groups -OCH3 is 1. The van der Waals surface area contributed by atoms with Crippen molar-refractivity contribution in [1.29, 1.82) is 0 Å². The number of rotatable bonds is 5. The maximum Gasteiger partial charge on any atom is 0.0705 e. The Kier molecular flexibility index (Phi) is 6.15. The summed E-state index contributed by atoms with van der Waals surface area (Å²) in [5, 5.41) is 0. The van der Waals surface area contributed by atoms with Gasteiger partial charge in [0, 0.05) is 20.2 Å². The van der Waals surface area contributed by atoms with Crippen LogP contribution in [0.3, 0.4) is 0 Å². The van der Waals surface area contributed by atoms with Gasteiger partial charge in [-0.1, -0.05) is 12.8 Å². The summed E-state index contributed by atoms with van der Waals surface area (Å²) in [7, 11) is 1.75. The summed E-state index contributed by atoms with van der Waals surface area (Å²) in [4.78, 5) is 2.55. The van der Waals surface area contributed by atoms with Crippen molar-refractivity contribution in [2.75, 3.05) is 33.3 Å². The number of nitrogens with zero attached hydrogens (tertiary/aromatic N) is 1. The quantitative estimate of drug-likeness (QED) is 0.725. The molecule has 1 aliphatic heterocycles. The maximum atomic E-state index is 5.59. The van der Waals surface area contributed by atoms with Gasteiger partial charge >= 0.3 is 0 Å². The lowest BCUT2D eigenvalue weighted by molar-refractivity contribution is 0.0899. The molecule has 0 aromatic carbocycles.